The molecule has 26 heavy (non-hydrogen) atoms. The van der Waals surface area contributed by atoms with E-state index in [1.54, 1.807) is 0 Å². The molecule has 0 saturated carbocycles. The monoisotopic (exact) mass is 375 g/mol. The van der Waals surface area contributed by atoms with Gasteiger partial charge in [0.2, 0.25) is 0 Å². The number of phenolic OH excluding ortho intramolecular Hbond substituents is 1. The highest BCUT2D eigenvalue weighted by Crippen LogP contribution is 2.25. The summed E-state index contributed by atoms with van der Waals surface area (Å²) in [5.74, 6) is 0.0542. The average molecular weight is 375 g/mol. The predicted molar refractivity (Wildman–Crippen MR) is 101 cm³/mol. The van der Waals surface area contributed by atoms with Crippen molar-refractivity contribution in [1.82, 2.24) is 4.90 Å². The normalized spacial score (nSPS) is 19.5. The predicted octanol–water partition coefficient (Wildman–Crippen LogP) is 2.23. The maximum atomic E-state index is 12.7. The average Bonchev–Trinajstić information content (AvgIpc) is 3.10. The largest absolute Gasteiger partial charge is 0.508 e. The molecule has 2 unspecified atom stereocenters. The molecule has 0 aromatic heterocycles. The summed E-state index contributed by atoms with van der Waals surface area (Å²) >= 11 is 0. The van der Waals surface area contributed by atoms with E-state index in [1.165, 1.54) is 29.8 Å². The van der Waals surface area contributed by atoms with Crippen LogP contribution in [0.15, 0.2) is 59.5 Å². The van der Waals surface area contributed by atoms with Crippen molar-refractivity contribution in [2.24, 2.45) is 0 Å². The van der Waals surface area contributed by atoms with Crippen LogP contribution in [0.25, 0.3) is 0 Å². The summed E-state index contributed by atoms with van der Waals surface area (Å²) in [5.41, 5.74) is 1.20. The highest BCUT2D eigenvalue weighted by molar-refractivity contribution is 7.92. The van der Waals surface area contributed by atoms with E-state index in [9.17, 15) is 18.6 Å². The Bertz CT molecular complexity index is 805. The first-order valence-corrected chi connectivity index (χ1v) is 10.5. The SMILES string of the molecule is O=S(=O)(c1ccc(O)cc1)C1CCN(CC(O)CCc2ccccc2)C1. The molecule has 0 bridgehead atoms. The molecule has 140 valence electrons. The molecule has 6 heteroatoms. The zero-order chi connectivity index (χ0) is 18.6. The van der Waals surface area contributed by atoms with Crippen LogP contribution in [0.4, 0.5) is 0 Å². The van der Waals surface area contributed by atoms with Crippen molar-refractivity contribution in [3.8, 4) is 5.75 Å². The number of sulfone groups is 1. The molecule has 2 atom stereocenters. The third kappa shape index (κ3) is 4.63. The third-order valence-electron chi connectivity index (χ3n) is 4.91. The number of aryl methyl sites for hydroxylation is 1. The van der Waals surface area contributed by atoms with Gasteiger partial charge in [0.1, 0.15) is 5.75 Å². The van der Waals surface area contributed by atoms with Crippen LogP contribution in [-0.4, -0.2) is 54.5 Å². The van der Waals surface area contributed by atoms with Gasteiger partial charge < -0.3 is 10.2 Å². The quantitative estimate of drug-likeness (QED) is 0.776. The van der Waals surface area contributed by atoms with E-state index < -0.39 is 21.2 Å². The Morgan fingerprint density at radius 1 is 1.08 bits per heavy atom. The van der Waals surface area contributed by atoms with Crippen molar-refractivity contribution < 1.29 is 18.6 Å². The summed E-state index contributed by atoms with van der Waals surface area (Å²) in [7, 11) is -3.41. The molecule has 1 fully saturated rings. The number of hydrogen-bond donors (Lipinski definition) is 2. The number of nitrogens with zero attached hydrogens (tertiary/aromatic N) is 1. The van der Waals surface area contributed by atoms with Gasteiger partial charge in [0.05, 0.1) is 16.2 Å². The molecule has 0 aliphatic carbocycles. The first-order chi connectivity index (χ1) is 12.4. The van der Waals surface area contributed by atoms with Crippen LogP contribution in [0.1, 0.15) is 18.4 Å². The van der Waals surface area contributed by atoms with E-state index in [1.807, 2.05) is 35.2 Å². The smallest absolute Gasteiger partial charge is 0.182 e. The Morgan fingerprint density at radius 2 is 1.77 bits per heavy atom. The Kier molecular flexibility index (Phi) is 5.96. The van der Waals surface area contributed by atoms with Gasteiger partial charge in [0, 0.05) is 13.1 Å². The van der Waals surface area contributed by atoms with Crippen LogP contribution in [0.2, 0.25) is 0 Å². The van der Waals surface area contributed by atoms with E-state index in [2.05, 4.69) is 0 Å². The number of β-amino-alcohol motifs (C(OH)–C–C–N with tert-alkyl or cyclic N) is 1. The fraction of sp³-hybridized carbons (Fsp3) is 0.400. The van der Waals surface area contributed by atoms with E-state index in [0.717, 1.165) is 6.42 Å². The highest BCUT2D eigenvalue weighted by atomic mass is 32.2. The molecule has 2 aromatic rings. The first kappa shape index (κ1) is 18.9. The van der Waals surface area contributed by atoms with Gasteiger partial charge in [0.25, 0.3) is 0 Å². The topological polar surface area (TPSA) is 77.8 Å². The van der Waals surface area contributed by atoms with Crippen LogP contribution >= 0.6 is 0 Å². The zero-order valence-corrected chi connectivity index (χ0v) is 15.5. The number of aliphatic hydroxyl groups is 1. The Hall–Kier alpha value is -1.89. The number of likely N-dealkylation sites (tertiary alicyclic amines) is 1. The molecule has 0 radical (unpaired) electrons. The Morgan fingerprint density at radius 3 is 2.46 bits per heavy atom. The summed E-state index contributed by atoms with van der Waals surface area (Å²) in [6, 6.07) is 15.7. The van der Waals surface area contributed by atoms with Gasteiger partial charge in [-0.3, -0.25) is 4.90 Å². The van der Waals surface area contributed by atoms with Crippen LogP contribution in [0.5, 0.6) is 5.75 Å². The van der Waals surface area contributed by atoms with Crippen LogP contribution in [0, 0.1) is 0 Å². The van der Waals surface area contributed by atoms with Gasteiger partial charge in [-0.15, -0.1) is 0 Å². The summed E-state index contributed by atoms with van der Waals surface area (Å²) in [4.78, 5) is 2.27. The second-order valence-corrected chi connectivity index (χ2v) is 9.12. The number of rotatable bonds is 7. The lowest BCUT2D eigenvalue weighted by Crippen LogP contribution is -2.33. The fourth-order valence-electron chi connectivity index (χ4n) is 3.41. The molecule has 0 amide bonds. The minimum atomic E-state index is -3.41. The van der Waals surface area contributed by atoms with Gasteiger partial charge in [-0.1, -0.05) is 30.3 Å². The Balaban J connectivity index is 1.52. The van der Waals surface area contributed by atoms with Crippen LogP contribution in [0.3, 0.4) is 0 Å². The van der Waals surface area contributed by atoms with Crippen molar-refractivity contribution in [2.75, 3.05) is 19.6 Å². The standard InChI is InChI=1S/C20H25NO4S/c22-17-8-10-19(11-9-17)26(24,25)20-12-13-21(15-20)14-18(23)7-6-16-4-2-1-3-5-16/h1-5,8-11,18,20,22-23H,6-7,12-15H2. The third-order valence-corrected chi connectivity index (χ3v) is 7.10. The summed E-state index contributed by atoms with van der Waals surface area (Å²) in [5, 5.41) is 19.2. The maximum absolute atomic E-state index is 12.7. The minimum Gasteiger partial charge on any atom is -0.508 e. The molecule has 3 rings (SSSR count). The van der Waals surface area contributed by atoms with Crippen LogP contribution in [-0.2, 0) is 16.3 Å². The molecular weight excluding hydrogens is 350 g/mol. The number of benzene rings is 2. The first-order valence-electron chi connectivity index (χ1n) is 8.92. The van der Waals surface area contributed by atoms with Crippen LogP contribution < -0.4 is 0 Å². The number of hydrogen-bond acceptors (Lipinski definition) is 5. The molecule has 2 N–H and O–H groups in total. The van der Waals surface area contributed by atoms with Crippen molar-refractivity contribution in [2.45, 2.75) is 35.5 Å². The lowest BCUT2D eigenvalue weighted by Gasteiger charge is -2.20. The van der Waals surface area contributed by atoms with E-state index >= 15 is 0 Å². The molecule has 2 aromatic carbocycles. The van der Waals surface area contributed by atoms with Gasteiger partial charge in [-0.25, -0.2) is 8.42 Å². The van der Waals surface area contributed by atoms with E-state index in [4.69, 9.17) is 0 Å². The second-order valence-electron chi connectivity index (χ2n) is 6.89. The lowest BCUT2D eigenvalue weighted by atomic mass is 10.1. The van der Waals surface area contributed by atoms with Crippen molar-refractivity contribution in [3.63, 3.8) is 0 Å². The molecular formula is C20H25NO4S. The number of aliphatic hydroxyl groups excluding tert-OH is 1. The van der Waals surface area contributed by atoms with E-state index in [0.29, 0.717) is 32.5 Å². The van der Waals surface area contributed by atoms with Gasteiger partial charge >= 0.3 is 0 Å². The molecule has 0 spiro atoms. The van der Waals surface area contributed by atoms with Gasteiger partial charge in [-0.05, 0) is 55.6 Å². The minimum absolute atomic E-state index is 0.0542. The van der Waals surface area contributed by atoms with Gasteiger partial charge in [-0.2, -0.15) is 0 Å². The zero-order valence-electron chi connectivity index (χ0n) is 14.7. The fourth-order valence-corrected chi connectivity index (χ4v) is 5.13. The number of aromatic hydroxyl groups is 1. The van der Waals surface area contributed by atoms with Crippen molar-refractivity contribution in [1.29, 1.82) is 0 Å². The number of phenols is 1. The Labute approximate surface area is 154 Å². The second kappa shape index (κ2) is 8.20. The molecule has 1 heterocycles. The summed E-state index contributed by atoms with van der Waals surface area (Å²) < 4.78 is 25.4. The summed E-state index contributed by atoms with van der Waals surface area (Å²) in [6.07, 6.45) is 1.57. The van der Waals surface area contributed by atoms with Crippen molar-refractivity contribution >= 4 is 9.84 Å². The van der Waals surface area contributed by atoms with Crippen molar-refractivity contribution in [3.05, 3.63) is 60.2 Å². The molecule has 1 saturated heterocycles. The van der Waals surface area contributed by atoms with Gasteiger partial charge in [0.15, 0.2) is 9.84 Å². The summed E-state index contributed by atoms with van der Waals surface area (Å²) in [6.45, 7) is 1.60. The van der Waals surface area contributed by atoms with E-state index in [-0.39, 0.29) is 10.6 Å². The molecule has 1 aliphatic rings. The molecule has 5 nitrogen and oxygen atoms in total. The molecule has 1 aliphatic heterocycles. The maximum Gasteiger partial charge on any atom is 0.182 e. The highest BCUT2D eigenvalue weighted by Gasteiger charge is 2.34. The lowest BCUT2D eigenvalue weighted by molar-refractivity contribution is 0.117.